The second-order valence-electron chi connectivity index (χ2n) is 6.69. The Morgan fingerprint density at radius 3 is 2.62 bits per heavy atom. The molecule has 0 heterocycles. The second-order valence-corrected chi connectivity index (χ2v) is 6.69. The smallest absolute Gasteiger partial charge is 0.222 e. The van der Waals surface area contributed by atoms with Crippen molar-refractivity contribution in [1.82, 2.24) is 5.32 Å². The molecule has 0 aromatic heterocycles. The minimum atomic E-state index is -0.408. The van der Waals surface area contributed by atoms with Crippen LogP contribution in [-0.2, 0) is 4.79 Å². The summed E-state index contributed by atoms with van der Waals surface area (Å²) in [5, 5.41) is 3.11. The maximum Gasteiger partial charge on any atom is 0.222 e. The fourth-order valence-electron chi connectivity index (χ4n) is 2.51. The van der Waals surface area contributed by atoms with Gasteiger partial charge in [0.1, 0.15) is 0 Å². The molecule has 3 N–H and O–H groups in total. The van der Waals surface area contributed by atoms with E-state index in [2.05, 4.69) is 19.2 Å². The lowest BCUT2D eigenvalue weighted by Crippen LogP contribution is -2.45. The minimum absolute atomic E-state index is 0.0928. The monoisotopic (exact) mass is 226 g/mol. The van der Waals surface area contributed by atoms with E-state index < -0.39 is 5.54 Å². The zero-order valence-corrected chi connectivity index (χ0v) is 11.1. The second kappa shape index (κ2) is 4.74. The lowest BCUT2D eigenvalue weighted by Gasteiger charge is -2.35. The van der Waals surface area contributed by atoms with E-state index in [0.29, 0.717) is 17.9 Å². The molecule has 0 saturated heterocycles. The van der Waals surface area contributed by atoms with Crippen LogP contribution in [0.2, 0.25) is 0 Å². The van der Waals surface area contributed by atoms with Crippen molar-refractivity contribution >= 4 is 5.91 Å². The number of nitrogens with two attached hydrogens (primary N) is 1. The number of amides is 1. The molecule has 1 aliphatic carbocycles. The first-order chi connectivity index (χ1) is 7.18. The summed E-state index contributed by atoms with van der Waals surface area (Å²) in [6.45, 7) is 8.32. The Morgan fingerprint density at radius 1 is 1.50 bits per heavy atom. The normalized spacial score (nSPS) is 25.2. The van der Waals surface area contributed by atoms with Gasteiger partial charge in [-0.15, -0.1) is 0 Å². The molecule has 0 radical (unpaired) electrons. The number of hydrogen-bond acceptors (Lipinski definition) is 2. The van der Waals surface area contributed by atoms with E-state index >= 15 is 0 Å². The Balaban J connectivity index is 2.40. The fraction of sp³-hybridized carbons (Fsp3) is 0.923. The Kier molecular flexibility index (Phi) is 4.00. The van der Waals surface area contributed by atoms with E-state index in [4.69, 9.17) is 5.73 Å². The van der Waals surface area contributed by atoms with Gasteiger partial charge in [-0.2, -0.15) is 0 Å². The molecule has 0 bridgehead atoms. The molecule has 0 aromatic carbocycles. The standard InChI is InChI=1S/C13H26N2O/c1-12(2)7-5-6-10(8-12)15-11(16)9-13(3,4)14/h10H,5-9,14H2,1-4H3,(H,15,16). The van der Waals surface area contributed by atoms with Crippen LogP contribution in [-0.4, -0.2) is 17.5 Å². The van der Waals surface area contributed by atoms with Crippen LogP contribution >= 0.6 is 0 Å². The van der Waals surface area contributed by atoms with Gasteiger partial charge in [0, 0.05) is 18.0 Å². The van der Waals surface area contributed by atoms with Gasteiger partial charge in [-0.3, -0.25) is 4.79 Å². The van der Waals surface area contributed by atoms with Crippen LogP contribution in [0.1, 0.15) is 59.8 Å². The van der Waals surface area contributed by atoms with E-state index in [1.807, 2.05) is 13.8 Å². The van der Waals surface area contributed by atoms with E-state index in [9.17, 15) is 4.79 Å². The van der Waals surface area contributed by atoms with Crippen LogP contribution in [0.4, 0.5) is 0 Å². The highest BCUT2D eigenvalue weighted by atomic mass is 16.1. The zero-order chi connectivity index (χ0) is 12.4. The van der Waals surface area contributed by atoms with Crippen LogP contribution in [0.15, 0.2) is 0 Å². The zero-order valence-electron chi connectivity index (χ0n) is 11.1. The molecule has 0 spiro atoms. The molecule has 1 unspecified atom stereocenters. The Hall–Kier alpha value is -0.570. The van der Waals surface area contributed by atoms with Crippen molar-refractivity contribution in [1.29, 1.82) is 0 Å². The summed E-state index contributed by atoms with van der Waals surface area (Å²) >= 11 is 0. The van der Waals surface area contributed by atoms with Crippen LogP contribution in [0.5, 0.6) is 0 Å². The third kappa shape index (κ3) is 4.97. The quantitative estimate of drug-likeness (QED) is 0.775. The van der Waals surface area contributed by atoms with Gasteiger partial charge in [-0.1, -0.05) is 20.3 Å². The maximum absolute atomic E-state index is 11.7. The van der Waals surface area contributed by atoms with Crippen molar-refractivity contribution in [2.24, 2.45) is 11.1 Å². The number of carbonyl (C=O) groups is 1. The molecule has 16 heavy (non-hydrogen) atoms. The third-order valence-corrected chi connectivity index (χ3v) is 3.19. The summed E-state index contributed by atoms with van der Waals surface area (Å²) in [5.41, 5.74) is 5.79. The van der Waals surface area contributed by atoms with Crippen molar-refractivity contribution in [3.8, 4) is 0 Å². The fourth-order valence-corrected chi connectivity index (χ4v) is 2.51. The Morgan fingerprint density at radius 2 is 2.12 bits per heavy atom. The van der Waals surface area contributed by atoms with Gasteiger partial charge in [0.15, 0.2) is 0 Å². The predicted molar refractivity (Wildman–Crippen MR) is 67.1 cm³/mol. The molecule has 1 rings (SSSR count). The topological polar surface area (TPSA) is 55.1 Å². The first-order valence-electron chi connectivity index (χ1n) is 6.26. The SMILES string of the molecule is CC(C)(N)CC(=O)NC1CCCC(C)(C)C1. The minimum Gasteiger partial charge on any atom is -0.353 e. The molecule has 1 fully saturated rings. The molecule has 1 atom stereocenters. The van der Waals surface area contributed by atoms with Crippen molar-refractivity contribution in [3.05, 3.63) is 0 Å². The van der Waals surface area contributed by atoms with Crippen molar-refractivity contribution in [3.63, 3.8) is 0 Å². The Bertz CT molecular complexity index is 253. The van der Waals surface area contributed by atoms with E-state index in [1.165, 1.54) is 12.8 Å². The van der Waals surface area contributed by atoms with Gasteiger partial charge in [0.2, 0.25) is 5.91 Å². The number of hydrogen-bond donors (Lipinski definition) is 2. The third-order valence-electron chi connectivity index (χ3n) is 3.19. The summed E-state index contributed by atoms with van der Waals surface area (Å²) in [7, 11) is 0. The Labute approximate surface area is 99.2 Å². The molecule has 1 amide bonds. The van der Waals surface area contributed by atoms with Gasteiger partial charge in [0.25, 0.3) is 0 Å². The van der Waals surface area contributed by atoms with Gasteiger partial charge in [-0.05, 0) is 38.5 Å². The lowest BCUT2D eigenvalue weighted by atomic mass is 9.75. The molecule has 1 saturated carbocycles. The van der Waals surface area contributed by atoms with E-state index in [0.717, 1.165) is 12.8 Å². The molecule has 3 nitrogen and oxygen atoms in total. The predicted octanol–water partition coefficient (Wildman–Crippen LogP) is 2.20. The number of rotatable bonds is 3. The summed E-state index contributed by atoms with van der Waals surface area (Å²) in [6, 6.07) is 0.346. The molecule has 3 heteroatoms. The first-order valence-corrected chi connectivity index (χ1v) is 6.26. The highest BCUT2D eigenvalue weighted by Gasteiger charge is 2.29. The largest absolute Gasteiger partial charge is 0.353 e. The average molecular weight is 226 g/mol. The summed E-state index contributed by atoms with van der Waals surface area (Å²) < 4.78 is 0. The van der Waals surface area contributed by atoms with Crippen molar-refractivity contribution in [2.75, 3.05) is 0 Å². The summed E-state index contributed by atoms with van der Waals surface area (Å²) in [4.78, 5) is 11.7. The van der Waals surface area contributed by atoms with E-state index in [-0.39, 0.29) is 5.91 Å². The molecular formula is C13H26N2O. The number of nitrogens with one attached hydrogen (secondary N) is 1. The molecule has 1 aliphatic rings. The van der Waals surface area contributed by atoms with Gasteiger partial charge < -0.3 is 11.1 Å². The first kappa shape index (κ1) is 13.5. The summed E-state index contributed by atoms with van der Waals surface area (Å²) in [6.07, 6.45) is 5.08. The highest BCUT2D eigenvalue weighted by molar-refractivity contribution is 5.77. The number of carbonyl (C=O) groups excluding carboxylic acids is 1. The van der Waals surface area contributed by atoms with Crippen LogP contribution in [0.3, 0.4) is 0 Å². The van der Waals surface area contributed by atoms with Crippen LogP contribution in [0, 0.1) is 5.41 Å². The van der Waals surface area contributed by atoms with Crippen molar-refractivity contribution < 1.29 is 4.79 Å². The van der Waals surface area contributed by atoms with Gasteiger partial charge in [0.05, 0.1) is 0 Å². The molecular weight excluding hydrogens is 200 g/mol. The molecule has 0 aliphatic heterocycles. The van der Waals surface area contributed by atoms with Gasteiger partial charge >= 0.3 is 0 Å². The van der Waals surface area contributed by atoms with E-state index in [1.54, 1.807) is 0 Å². The van der Waals surface area contributed by atoms with Crippen LogP contribution in [0.25, 0.3) is 0 Å². The summed E-state index contributed by atoms with van der Waals surface area (Å²) in [5.74, 6) is 0.0928. The highest BCUT2D eigenvalue weighted by Crippen LogP contribution is 2.35. The molecule has 94 valence electrons. The van der Waals surface area contributed by atoms with Crippen molar-refractivity contribution in [2.45, 2.75) is 71.4 Å². The van der Waals surface area contributed by atoms with Crippen LogP contribution < -0.4 is 11.1 Å². The maximum atomic E-state index is 11.7. The average Bonchev–Trinajstić information content (AvgIpc) is 1.96. The van der Waals surface area contributed by atoms with Gasteiger partial charge in [-0.25, -0.2) is 0 Å². The lowest BCUT2D eigenvalue weighted by molar-refractivity contribution is -0.123. The molecule has 0 aromatic rings.